The topological polar surface area (TPSA) is 157 Å². The molecule has 38 heavy (non-hydrogen) atoms. The normalized spacial score (nSPS) is 22.8. The molecule has 3 N–H and O–H groups in total. The number of carbonyl (C=O) groups is 1. The molecule has 0 bridgehead atoms. The van der Waals surface area contributed by atoms with E-state index in [-0.39, 0.29) is 5.75 Å². The smallest absolute Gasteiger partial charge is 0.404 e. The van der Waals surface area contributed by atoms with Crippen molar-refractivity contribution in [2.24, 2.45) is 0 Å². The second-order valence-corrected chi connectivity index (χ2v) is 10.8. The molecule has 1 aromatic carbocycles. The minimum atomic E-state index is -4.70. The molecular formula is C25H34FN2O9P. The Morgan fingerprint density at radius 1 is 1.21 bits per heavy atom. The summed E-state index contributed by atoms with van der Waals surface area (Å²) in [5.74, 6) is -1.95. The van der Waals surface area contributed by atoms with E-state index in [2.05, 4.69) is 6.92 Å². The van der Waals surface area contributed by atoms with Crippen molar-refractivity contribution < 1.29 is 37.5 Å². The Balaban J connectivity index is 1.59. The number of aromatic nitrogens is 2. The summed E-state index contributed by atoms with van der Waals surface area (Å²) in [6, 6.07) is 6.68. The summed E-state index contributed by atoms with van der Waals surface area (Å²) in [6.07, 6.45) is 5.20. The molecule has 1 unspecified atom stereocenters. The van der Waals surface area contributed by atoms with Crippen LogP contribution in [0.15, 0.2) is 40.1 Å². The zero-order valence-electron chi connectivity index (χ0n) is 21.4. The van der Waals surface area contributed by atoms with Gasteiger partial charge in [-0.2, -0.15) is 4.39 Å². The molecule has 2 heterocycles. The number of rotatable bonds is 14. The van der Waals surface area contributed by atoms with Gasteiger partial charge in [-0.25, -0.2) is 9.36 Å². The van der Waals surface area contributed by atoms with E-state index < -0.39 is 61.6 Å². The lowest BCUT2D eigenvalue weighted by Gasteiger charge is -2.25. The summed E-state index contributed by atoms with van der Waals surface area (Å²) in [7, 11) is -4.70. The maximum Gasteiger partial charge on any atom is 0.527 e. The number of halogens is 1. The van der Waals surface area contributed by atoms with Gasteiger partial charge in [0.05, 0.1) is 12.8 Å². The molecule has 1 aliphatic heterocycles. The van der Waals surface area contributed by atoms with E-state index >= 15 is 0 Å². The SMILES string of the molecule is CCCCCCCCc1ccc(OP(=O)(O)OC[C@H]2O[C@@H](n3cc(F)c(=O)[nH]c3=O)C[C@@]2(O)C(C)=O)cc1. The highest BCUT2D eigenvalue weighted by molar-refractivity contribution is 7.47. The van der Waals surface area contributed by atoms with Crippen molar-refractivity contribution in [3.05, 3.63) is 62.7 Å². The van der Waals surface area contributed by atoms with Crippen LogP contribution in [0.4, 0.5) is 4.39 Å². The van der Waals surface area contributed by atoms with Gasteiger partial charge >= 0.3 is 13.5 Å². The summed E-state index contributed by atoms with van der Waals surface area (Å²) in [5, 5.41) is 10.9. The fourth-order valence-electron chi connectivity index (χ4n) is 4.28. The van der Waals surface area contributed by atoms with E-state index in [0.29, 0.717) is 10.8 Å². The molecule has 3 rings (SSSR count). The van der Waals surface area contributed by atoms with Gasteiger partial charge in [0.1, 0.15) is 18.1 Å². The number of hydrogen-bond acceptors (Lipinski definition) is 8. The second-order valence-electron chi connectivity index (χ2n) is 9.42. The first-order valence-corrected chi connectivity index (χ1v) is 14.1. The van der Waals surface area contributed by atoms with Crippen LogP contribution < -0.4 is 15.8 Å². The number of Topliss-reactive ketones (excluding diaryl/α,β-unsaturated/α-hetero) is 1. The fourth-order valence-corrected chi connectivity index (χ4v) is 5.05. The molecule has 2 aromatic rings. The van der Waals surface area contributed by atoms with E-state index in [1.165, 1.54) is 25.7 Å². The van der Waals surface area contributed by atoms with Crippen LogP contribution in [0.3, 0.4) is 0 Å². The number of unbranched alkanes of at least 4 members (excludes halogenated alkanes) is 5. The molecule has 0 saturated carbocycles. The third kappa shape index (κ3) is 7.70. The molecule has 0 spiro atoms. The lowest BCUT2D eigenvalue weighted by molar-refractivity contribution is -0.144. The van der Waals surface area contributed by atoms with E-state index in [4.69, 9.17) is 13.8 Å². The maximum atomic E-state index is 13.7. The van der Waals surface area contributed by atoms with Crippen molar-refractivity contribution in [3.8, 4) is 5.75 Å². The molecule has 0 radical (unpaired) electrons. The van der Waals surface area contributed by atoms with E-state index in [9.17, 15) is 33.3 Å². The first kappa shape index (κ1) is 29.9. The number of carbonyl (C=O) groups excluding carboxylic acids is 1. The van der Waals surface area contributed by atoms with Crippen LogP contribution >= 0.6 is 7.82 Å². The van der Waals surface area contributed by atoms with Crippen LogP contribution in [0, 0.1) is 5.82 Å². The van der Waals surface area contributed by atoms with E-state index in [1.807, 2.05) is 0 Å². The number of H-pyrrole nitrogens is 1. The van der Waals surface area contributed by atoms with Crippen molar-refractivity contribution in [1.82, 2.24) is 9.55 Å². The van der Waals surface area contributed by atoms with Gasteiger partial charge < -0.3 is 14.4 Å². The summed E-state index contributed by atoms with van der Waals surface area (Å²) < 4.78 is 42.5. The van der Waals surface area contributed by atoms with Crippen molar-refractivity contribution in [3.63, 3.8) is 0 Å². The molecule has 0 amide bonds. The van der Waals surface area contributed by atoms with Gasteiger partial charge in [-0.3, -0.25) is 28.6 Å². The largest absolute Gasteiger partial charge is 0.527 e. The highest BCUT2D eigenvalue weighted by atomic mass is 31.2. The lowest BCUT2D eigenvalue weighted by Crippen LogP contribution is -2.47. The average molecular weight is 557 g/mol. The second kappa shape index (κ2) is 12.9. The van der Waals surface area contributed by atoms with Gasteiger partial charge in [0, 0.05) is 6.42 Å². The van der Waals surface area contributed by atoms with E-state index in [0.717, 1.165) is 31.7 Å². The number of phosphoric ester groups is 1. The van der Waals surface area contributed by atoms with Crippen LogP contribution in [-0.4, -0.2) is 43.6 Å². The number of ketones is 1. The first-order chi connectivity index (χ1) is 17.9. The summed E-state index contributed by atoms with van der Waals surface area (Å²) >= 11 is 0. The zero-order valence-corrected chi connectivity index (χ0v) is 22.3. The van der Waals surface area contributed by atoms with Crippen LogP contribution in [0.1, 0.15) is 70.6 Å². The number of nitrogens with one attached hydrogen (secondary N) is 1. The number of hydrogen-bond donors (Lipinski definition) is 3. The number of aromatic amines is 1. The Bertz CT molecular complexity index is 1260. The molecule has 4 atom stereocenters. The number of phosphoric acid groups is 1. The average Bonchev–Trinajstić information content (AvgIpc) is 3.21. The molecule has 11 nitrogen and oxygen atoms in total. The predicted octanol–water partition coefficient (Wildman–Crippen LogP) is 3.38. The quantitative estimate of drug-likeness (QED) is 0.234. The number of ether oxygens (including phenoxy) is 1. The molecule has 1 saturated heterocycles. The standard InChI is InChI=1S/C25H34FN2O9P/c1-3-4-5-6-7-8-9-18-10-12-19(13-11-18)37-38(33,34)35-16-21-25(32,17(2)29)14-22(36-21)28-15-20(26)23(30)27-24(28)31/h10-13,15,21-22,32H,3-9,14,16H2,1-2H3,(H,33,34)(H,27,30,31)/t21-,22-,25-/m1/s1. The number of benzene rings is 1. The van der Waals surface area contributed by atoms with Crippen molar-refractivity contribution in [2.75, 3.05) is 6.61 Å². The van der Waals surface area contributed by atoms with Crippen LogP contribution in [-0.2, 0) is 25.0 Å². The first-order valence-electron chi connectivity index (χ1n) is 12.6. The Morgan fingerprint density at radius 2 is 1.87 bits per heavy atom. The third-order valence-corrected chi connectivity index (χ3v) is 7.45. The van der Waals surface area contributed by atoms with Gasteiger partial charge in [0.2, 0.25) is 5.82 Å². The van der Waals surface area contributed by atoms with Crippen molar-refractivity contribution in [2.45, 2.75) is 83.1 Å². The molecule has 210 valence electrons. The maximum absolute atomic E-state index is 13.7. The molecule has 1 fully saturated rings. The van der Waals surface area contributed by atoms with Crippen molar-refractivity contribution in [1.29, 1.82) is 0 Å². The van der Waals surface area contributed by atoms with Gasteiger partial charge in [-0.05, 0) is 37.5 Å². The summed E-state index contributed by atoms with van der Waals surface area (Å²) in [4.78, 5) is 47.5. The molecular weight excluding hydrogens is 522 g/mol. The summed E-state index contributed by atoms with van der Waals surface area (Å²) in [5.41, 5.74) is -3.41. The molecule has 0 aliphatic carbocycles. The minimum Gasteiger partial charge on any atom is -0.404 e. The minimum absolute atomic E-state index is 0.0878. The highest BCUT2D eigenvalue weighted by Gasteiger charge is 2.52. The Morgan fingerprint density at radius 3 is 2.53 bits per heavy atom. The van der Waals surface area contributed by atoms with Gasteiger partial charge in [0.25, 0.3) is 5.56 Å². The fraction of sp³-hybridized carbons (Fsp3) is 0.560. The van der Waals surface area contributed by atoms with Crippen LogP contribution in [0.5, 0.6) is 5.75 Å². The Kier molecular flexibility index (Phi) is 10.2. The zero-order chi connectivity index (χ0) is 27.9. The third-order valence-electron chi connectivity index (χ3n) is 6.54. The monoisotopic (exact) mass is 556 g/mol. The van der Waals surface area contributed by atoms with Gasteiger partial charge in [0.15, 0.2) is 11.4 Å². The van der Waals surface area contributed by atoms with Crippen molar-refractivity contribution >= 4 is 13.6 Å². The number of aryl methyl sites for hydroxylation is 1. The van der Waals surface area contributed by atoms with Gasteiger partial charge in [-0.15, -0.1) is 0 Å². The molecule has 1 aromatic heterocycles. The van der Waals surface area contributed by atoms with Crippen LogP contribution in [0.25, 0.3) is 0 Å². The lowest BCUT2D eigenvalue weighted by atomic mass is 9.91. The summed E-state index contributed by atoms with van der Waals surface area (Å²) in [6.45, 7) is 2.49. The number of nitrogens with zero attached hydrogens (tertiary/aromatic N) is 1. The Hall–Kier alpha value is -2.63. The Labute approximate surface area is 219 Å². The van der Waals surface area contributed by atoms with Crippen LogP contribution in [0.2, 0.25) is 0 Å². The van der Waals surface area contributed by atoms with E-state index in [1.54, 1.807) is 29.2 Å². The predicted molar refractivity (Wildman–Crippen MR) is 135 cm³/mol. The number of aliphatic hydroxyl groups is 1. The molecule has 13 heteroatoms. The molecule has 1 aliphatic rings. The van der Waals surface area contributed by atoms with Gasteiger partial charge in [-0.1, -0.05) is 51.2 Å². The highest BCUT2D eigenvalue weighted by Crippen LogP contribution is 2.46.